The minimum absolute atomic E-state index is 0. The molecule has 0 bridgehead atoms. The van der Waals surface area contributed by atoms with Gasteiger partial charge in [0.15, 0.2) is 17.0 Å². The number of fused-ring (bicyclic) bond motifs is 1. The van der Waals surface area contributed by atoms with Crippen LogP contribution in [0.4, 0.5) is 0 Å². The first-order valence-corrected chi connectivity index (χ1v) is 13.7. The Balaban J connectivity index is 0.00000408. The van der Waals surface area contributed by atoms with E-state index in [1.54, 1.807) is 0 Å². The SMILES string of the molecule is C.CCCCCCCCC(CCCCCC)COc1ccc2nsnc2c1Oc1ccccc1. The highest BCUT2D eigenvalue weighted by Crippen LogP contribution is 2.38. The van der Waals surface area contributed by atoms with Crippen LogP contribution in [0.2, 0.25) is 0 Å². The monoisotopic (exact) mass is 484 g/mol. The van der Waals surface area contributed by atoms with Gasteiger partial charge in [0.25, 0.3) is 0 Å². The molecule has 0 fully saturated rings. The number of nitrogens with zero attached hydrogens (tertiary/aromatic N) is 2. The minimum Gasteiger partial charge on any atom is -0.489 e. The highest BCUT2D eigenvalue weighted by molar-refractivity contribution is 7.00. The zero-order chi connectivity index (χ0) is 23.1. The molecule has 1 unspecified atom stereocenters. The summed E-state index contributed by atoms with van der Waals surface area (Å²) >= 11 is 1.21. The van der Waals surface area contributed by atoms with Gasteiger partial charge < -0.3 is 9.47 Å². The first-order chi connectivity index (χ1) is 16.3. The average Bonchev–Trinajstić information content (AvgIpc) is 3.33. The average molecular weight is 485 g/mol. The molecule has 0 aliphatic rings. The summed E-state index contributed by atoms with van der Waals surface area (Å²) in [5, 5.41) is 0. The van der Waals surface area contributed by atoms with Crippen molar-refractivity contribution in [2.45, 2.75) is 98.3 Å². The Kier molecular flexibility index (Phi) is 13.6. The second-order valence-corrected chi connectivity index (χ2v) is 9.55. The van der Waals surface area contributed by atoms with Crippen LogP contribution in [0.25, 0.3) is 11.0 Å². The van der Waals surface area contributed by atoms with E-state index in [0.29, 0.717) is 11.7 Å². The van der Waals surface area contributed by atoms with Gasteiger partial charge in [-0.2, -0.15) is 8.75 Å². The van der Waals surface area contributed by atoms with E-state index in [2.05, 4.69) is 22.6 Å². The summed E-state index contributed by atoms with van der Waals surface area (Å²) in [4.78, 5) is 0. The van der Waals surface area contributed by atoms with Gasteiger partial charge in [0, 0.05) is 0 Å². The molecule has 0 saturated heterocycles. The molecule has 34 heavy (non-hydrogen) atoms. The molecule has 0 amide bonds. The first-order valence-electron chi connectivity index (χ1n) is 12.9. The smallest absolute Gasteiger partial charge is 0.198 e. The summed E-state index contributed by atoms with van der Waals surface area (Å²) in [6.07, 6.45) is 15.7. The van der Waals surface area contributed by atoms with Gasteiger partial charge in [-0.3, -0.25) is 0 Å². The number of hydrogen-bond donors (Lipinski definition) is 0. The summed E-state index contributed by atoms with van der Waals surface area (Å²) in [6, 6.07) is 13.8. The fourth-order valence-corrected chi connectivity index (χ4v) is 4.75. The van der Waals surface area contributed by atoms with Crippen LogP contribution in [0.3, 0.4) is 0 Å². The summed E-state index contributed by atoms with van der Waals surface area (Å²) in [5.74, 6) is 2.81. The normalized spacial score (nSPS) is 11.8. The third kappa shape index (κ3) is 9.25. The van der Waals surface area contributed by atoms with Gasteiger partial charge in [0.1, 0.15) is 11.3 Å². The van der Waals surface area contributed by atoms with Gasteiger partial charge in [-0.15, -0.1) is 0 Å². The van der Waals surface area contributed by atoms with Gasteiger partial charge in [-0.25, -0.2) is 0 Å². The molecule has 1 aromatic heterocycles. The van der Waals surface area contributed by atoms with E-state index in [-0.39, 0.29) is 7.43 Å². The lowest BCUT2D eigenvalue weighted by molar-refractivity contribution is 0.219. The van der Waals surface area contributed by atoms with E-state index in [9.17, 15) is 0 Å². The standard InChI is InChI=1S/C28H40N2O2S.CH4/c1-3-5-7-9-10-13-17-23(16-12-8-6-4-2)22-31-26-21-20-25-27(30-33-29-25)28(26)32-24-18-14-11-15-19-24;/h11,14-15,18-21,23H,3-10,12-13,16-17,22H2,1-2H3;1H4. The van der Waals surface area contributed by atoms with Crippen LogP contribution < -0.4 is 9.47 Å². The molecular weight excluding hydrogens is 440 g/mol. The van der Waals surface area contributed by atoms with E-state index in [1.165, 1.54) is 88.8 Å². The summed E-state index contributed by atoms with van der Waals surface area (Å²) in [6.45, 7) is 5.28. The van der Waals surface area contributed by atoms with Crippen molar-refractivity contribution in [3.05, 3.63) is 42.5 Å². The number of para-hydroxylation sites is 1. The zero-order valence-electron chi connectivity index (χ0n) is 20.4. The van der Waals surface area contributed by atoms with Crippen molar-refractivity contribution in [1.82, 2.24) is 8.75 Å². The van der Waals surface area contributed by atoms with E-state index in [4.69, 9.17) is 9.47 Å². The predicted octanol–water partition coefficient (Wildman–Crippen LogP) is 9.84. The predicted molar refractivity (Wildman–Crippen MR) is 146 cm³/mol. The number of aromatic nitrogens is 2. The van der Waals surface area contributed by atoms with E-state index >= 15 is 0 Å². The Bertz CT molecular complexity index is 913. The second-order valence-electron chi connectivity index (χ2n) is 9.02. The van der Waals surface area contributed by atoms with Gasteiger partial charge in [-0.05, 0) is 43.0 Å². The third-order valence-electron chi connectivity index (χ3n) is 6.21. The lowest BCUT2D eigenvalue weighted by Gasteiger charge is -2.19. The van der Waals surface area contributed by atoms with E-state index in [0.717, 1.165) is 29.1 Å². The molecule has 2 aromatic carbocycles. The van der Waals surface area contributed by atoms with E-state index in [1.807, 2.05) is 42.5 Å². The number of ether oxygens (including phenoxy) is 2. The summed E-state index contributed by atoms with van der Waals surface area (Å²) in [5.41, 5.74) is 1.62. The molecule has 4 nitrogen and oxygen atoms in total. The maximum atomic E-state index is 6.41. The summed E-state index contributed by atoms with van der Waals surface area (Å²) in [7, 11) is 0. The molecule has 0 spiro atoms. The zero-order valence-corrected chi connectivity index (χ0v) is 21.2. The molecule has 3 aromatic rings. The van der Waals surface area contributed by atoms with Crippen molar-refractivity contribution in [2.75, 3.05) is 6.61 Å². The molecule has 1 atom stereocenters. The highest BCUT2D eigenvalue weighted by atomic mass is 32.1. The Morgan fingerprint density at radius 2 is 1.41 bits per heavy atom. The van der Waals surface area contributed by atoms with Crippen molar-refractivity contribution in [1.29, 1.82) is 0 Å². The molecule has 0 N–H and O–H groups in total. The van der Waals surface area contributed by atoms with Crippen molar-refractivity contribution in [3.8, 4) is 17.2 Å². The fourth-order valence-electron chi connectivity index (χ4n) is 4.22. The van der Waals surface area contributed by atoms with Gasteiger partial charge in [-0.1, -0.05) is 104 Å². The highest BCUT2D eigenvalue weighted by Gasteiger charge is 2.17. The number of unbranched alkanes of at least 4 members (excludes halogenated alkanes) is 8. The third-order valence-corrected chi connectivity index (χ3v) is 6.76. The van der Waals surface area contributed by atoms with Crippen LogP contribution >= 0.6 is 11.7 Å². The fraction of sp³-hybridized carbons (Fsp3) is 0.586. The van der Waals surface area contributed by atoms with Crippen molar-refractivity contribution in [2.24, 2.45) is 5.92 Å². The molecule has 188 valence electrons. The topological polar surface area (TPSA) is 44.2 Å². The van der Waals surface area contributed by atoms with Gasteiger partial charge >= 0.3 is 0 Å². The maximum Gasteiger partial charge on any atom is 0.198 e. The molecule has 0 aliphatic heterocycles. The number of benzene rings is 2. The largest absolute Gasteiger partial charge is 0.489 e. The Hall–Kier alpha value is -2.14. The van der Waals surface area contributed by atoms with Crippen LogP contribution in [0.1, 0.15) is 98.3 Å². The van der Waals surface area contributed by atoms with Crippen LogP contribution in [0.5, 0.6) is 17.2 Å². The van der Waals surface area contributed by atoms with Gasteiger partial charge in [0.2, 0.25) is 0 Å². The molecule has 0 radical (unpaired) electrons. The maximum absolute atomic E-state index is 6.41. The number of rotatable bonds is 17. The Morgan fingerprint density at radius 3 is 2.12 bits per heavy atom. The first kappa shape index (κ1) is 28.1. The lowest BCUT2D eigenvalue weighted by atomic mass is 9.95. The molecule has 3 rings (SSSR count). The van der Waals surface area contributed by atoms with Crippen LogP contribution in [0, 0.1) is 5.92 Å². The van der Waals surface area contributed by atoms with Crippen molar-refractivity contribution < 1.29 is 9.47 Å². The number of hydrogen-bond acceptors (Lipinski definition) is 5. The molecule has 5 heteroatoms. The molecule has 1 heterocycles. The lowest BCUT2D eigenvalue weighted by Crippen LogP contribution is -2.13. The van der Waals surface area contributed by atoms with Crippen molar-refractivity contribution >= 4 is 22.8 Å². The summed E-state index contributed by atoms with van der Waals surface area (Å²) < 4.78 is 21.5. The molecule has 0 saturated carbocycles. The van der Waals surface area contributed by atoms with Crippen LogP contribution in [-0.4, -0.2) is 15.4 Å². The molecular formula is C29H44N2O2S. The van der Waals surface area contributed by atoms with Crippen molar-refractivity contribution in [3.63, 3.8) is 0 Å². The molecule has 0 aliphatic carbocycles. The van der Waals surface area contributed by atoms with Gasteiger partial charge in [0.05, 0.1) is 18.3 Å². The Labute approximate surface area is 211 Å². The van der Waals surface area contributed by atoms with Crippen LogP contribution in [-0.2, 0) is 0 Å². The minimum atomic E-state index is 0. The van der Waals surface area contributed by atoms with Crippen LogP contribution in [0.15, 0.2) is 42.5 Å². The second kappa shape index (κ2) is 16.5. The Morgan fingerprint density at radius 1 is 0.765 bits per heavy atom. The van der Waals surface area contributed by atoms with E-state index < -0.39 is 0 Å². The quantitative estimate of drug-likeness (QED) is 0.179.